The van der Waals surface area contributed by atoms with Gasteiger partial charge in [-0.3, -0.25) is 0 Å². The van der Waals surface area contributed by atoms with Crippen molar-refractivity contribution in [3.05, 3.63) is 81.9 Å². The molecular formula is C26H26ClN3O3. The van der Waals surface area contributed by atoms with Crippen LogP contribution in [0.3, 0.4) is 0 Å². The Morgan fingerprint density at radius 3 is 2.18 bits per heavy atom. The van der Waals surface area contributed by atoms with Gasteiger partial charge in [0, 0.05) is 11.0 Å². The molecule has 2 N–H and O–H groups in total. The van der Waals surface area contributed by atoms with E-state index in [1.165, 1.54) is 16.9 Å². The Balaban J connectivity index is 2.01. The highest BCUT2D eigenvalue weighted by Crippen LogP contribution is 2.47. The van der Waals surface area contributed by atoms with E-state index in [9.17, 15) is 15.0 Å². The highest BCUT2D eigenvalue weighted by atomic mass is 35.5. The minimum Gasteiger partial charge on any atom is -0.505 e. The molecule has 1 aromatic heterocycles. The first kappa shape index (κ1) is 22.8. The molecule has 0 aliphatic rings. The second-order valence-corrected chi connectivity index (χ2v) is 10.1. The maximum atomic E-state index is 11.5. The summed E-state index contributed by atoms with van der Waals surface area (Å²) >= 11 is 6.95. The third kappa shape index (κ3) is 3.95. The number of carbonyl (C=O) groups is 1. The maximum Gasteiger partial charge on any atom is 0.335 e. The summed E-state index contributed by atoms with van der Waals surface area (Å²) in [4.78, 5) is 12.7. The summed E-state index contributed by atoms with van der Waals surface area (Å²) in [5.41, 5.74) is 2.97. The Labute approximate surface area is 197 Å². The second-order valence-electron chi connectivity index (χ2n) is 9.72. The molecule has 0 radical (unpaired) electrons. The van der Waals surface area contributed by atoms with Gasteiger partial charge in [0.1, 0.15) is 22.5 Å². The van der Waals surface area contributed by atoms with E-state index in [-0.39, 0.29) is 16.7 Å². The molecule has 7 heteroatoms. The molecule has 0 aliphatic heterocycles. The van der Waals surface area contributed by atoms with Crippen LogP contribution < -0.4 is 0 Å². The third-order valence-corrected chi connectivity index (χ3v) is 6.38. The van der Waals surface area contributed by atoms with Gasteiger partial charge in [0.15, 0.2) is 0 Å². The quantitative estimate of drug-likeness (QED) is 0.381. The molecule has 1 heterocycles. The van der Waals surface area contributed by atoms with Crippen LogP contribution >= 0.6 is 11.6 Å². The molecule has 6 nitrogen and oxygen atoms in total. The molecule has 0 bridgehead atoms. The number of phenolic OH excluding ortho intramolecular Hbond substituents is 1. The van der Waals surface area contributed by atoms with Crippen molar-refractivity contribution in [2.45, 2.75) is 45.4 Å². The summed E-state index contributed by atoms with van der Waals surface area (Å²) in [5, 5.41) is 30.3. The predicted molar refractivity (Wildman–Crippen MR) is 130 cm³/mol. The van der Waals surface area contributed by atoms with Gasteiger partial charge >= 0.3 is 5.97 Å². The van der Waals surface area contributed by atoms with E-state index in [0.29, 0.717) is 27.3 Å². The fourth-order valence-electron chi connectivity index (χ4n) is 4.06. The van der Waals surface area contributed by atoms with Crippen molar-refractivity contribution < 1.29 is 15.0 Å². The lowest BCUT2D eigenvalue weighted by atomic mass is 9.74. The molecule has 0 fully saturated rings. The van der Waals surface area contributed by atoms with Crippen molar-refractivity contribution >= 4 is 28.6 Å². The Bertz CT molecular complexity index is 1370. The molecule has 0 spiro atoms. The van der Waals surface area contributed by atoms with Crippen molar-refractivity contribution in [3.8, 4) is 11.4 Å². The summed E-state index contributed by atoms with van der Waals surface area (Å²) in [6.45, 7) is 10.2. The minimum absolute atomic E-state index is 0.0133. The van der Waals surface area contributed by atoms with E-state index < -0.39 is 11.4 Å². The van der Waals surface area contributed by atoms with Crippen LogP contribution in [-0.2, 0) is 10.8 Å². The van der Waals surface area contributed by atoms with Gasteiger partial charge in [-0.25, -0.2) is 4.79 Å². The Morgan fingerprint density at radius 2 is 1.58 bits per heavy atom. The van der Waals surface area contributed by atoms with Gasteiger partial charge in [-0.15, -0.1) is 15.0 Å². The van der Waals surface area contributed by atoms with Gasteiger partial charge in [0.05, 0.1) is 10.6 Å². The molecule has 0 amide bonds. The van der Waals surface area contributed by atoms with Gasteiger partial charge in [0.2, 0.25) is 0 Å². The highest BCUT2D eigenvalue weighted by molar-refractivity contribution is 6.32. The average Bonchev–Trinajstić information content (AvgIpc) is 3.16. The number of hydrogen-bond donors (Lipinski definition) is 2. The lowest BCUT2D eigenvalue weighted by Crippen LogP contribution is -2.23. The number of phenols is 1. The number of hydrogen-bond acceptors (Lipinski definition) is 4. The zero-order valence-electron chi connectivity index (χ0n) is 19.2. The smallest absolute Gasteiger partial charge is 0.335 e. The number of aromatic nitrogens is 3. The zero-order valence-corrected chi connectivity index (χ0v) is 20.0. The number of aromatic carboxylic acids is 1. The van der Waals surface area contributed by atoms with E-state index in [0.717, 1.165) is 11.1 Å². The Kier molecular flexibility index (Phi) is 5.45. The lowest BCUT2D eigenvalue weighted by Gasteiger charge is -2.32. The fourth-order valence-corrected chi connectivity index (χ4v) is 4.72. The average molecular weight is 464 g/mol. The monoisotopic (exact) mass is 463 g/mol. The fraction of sp³-hybridized carbons (Fsp3) is 0.269. The van der Waals surface area contributed by atoms with Gasteiger partial charge in [-0.05, 0) is 40.8 Å². The summed E-state index contributed by atoms with van der Waals surface area (Å²) in [5.74, 6) is -1.05. The van der Waals surface area contributed by atoms with Crippen LogP contribution in [0.25, 0.3) is 16.7 Å². The predicted octanol–water partition coefficient (Wildman–Crippen LogP) is 6.10. The van der Waals surface area contributed by atoms with Crippen molar-refractivity contribution in [2.24, 2.45) is 0 Å². The molecule has 170 valence electrons. The molecule has 0 saturated heterocycles. The van der Waals surface area contributed by atoms with Crippen LogP contribution in [-0.4, -0.2) is 31.2 Å². The molecule has 0 saturated carbocycles. The zero-order chi connectivity index (χ0) is 24.1. The highest BCUT2D eigenvalue weighted by Gasteiger charge is 2.34. The largest absolute Gasteiger partial charge is 0.505 e. The van der Waals surface area contributed by atoms with E-state index in [1.807, 2.05) is 44.2 Å². The van der Waals surface area contributed by atoms with Crippen molar-refractivity contribution in [1.82, 2.24) is 15.0 Å². The standard InChI is InChI=1S/C26H26ClN3O3/c1-25(2,3)17-14-20(30-28-18-12-11-15(24(32)33)13-19(18)29-30)23(31)21(22(17)27)26(4,5)16-9-7-6-8-10-16/h6-14,31H,1-5H3,(H,32,33). The van der Waals surface area contributed by atoms with Crippen molar-refractivity contribution in [3.63, 3.8) is 0 Å². The number of rotatable bonds is 4. The van der Waals surface area contributed by atoms with Crippen LogP contribution in [0, 0.1) is 0 Å². The number of benzene rings is 3. The topological polar surface area (TPSA) is 88.2 Å². The Hall–Kier alpha value is -3.38. The molecule has 3 aromatic carbocycles. The van der Waals surface area contributed by atoms with E-state index in [4.69, 9.17) is 11.6 Å². The van der Waals surface area contributed by atoms with E-state index in [2.05, 4.69) is 31.0 Å². The number of aromatic hydroxyl groups is 1. The van der Waals surface area contributed by atoms with Crippen LogP contribution in [0.5, 0.6) is 5.75 Å². The number of fused-ring (bicyclic) bond motifs is 1. The number of nitrogens with zero attached hydrogens (tertiary/aromatic N) is 3. The summed E-state index contributed by atoms with van der Waals surface area (Å²) in [6.07, 6.45) is 0. The first-order valence-electron chi connectivity index (χ1n) is 10.6. The van der Waals surface area contributed by atoms with Crippen LogP contribution in [0.4, 0.5) is 0 Å². The van der Waals surface area contributed by atoms with Crippen LogP contribution in [0.15, 0.2) is 54.6 Å². The van der Waals surface area contributed by atoms with Gasteiger partial charge in [-0.2, -0.15) is 0 Å². The Morgan fingerprint density at radius 1 is 0.939 bits per heavy atom. The second kappa shape index (κ2) is 7.89. The van der Waals surface area contributed by atoms with Crippen LogP contribution in [0.1, 0.15) is 61.7 Å². The van der Waals surface area contributed by atoms with Crippen LogP contribution in [0.2, 0.25) is 5.02 Å². The van der Waals surface area contributed by atoms with Gasteiger partial charge in [0.25, 0.3) is 0 Å². The summed E-state index contributed by atoms with van der Waals surface area (Å²) in [6, 6.07) is 16.2. The minimum atomic E-state index is -1.04. The molecule has 0 unspecified atom stereocenters. The van der Waals surface area contributed by atoms with Gasteiger partial charge < -0.3 is 10.2 Å². The molecule has 0 aliphatic carbocycles. The van der Waals surface area contributed by atoms with Crippen molar-refractivity contribution in [2.75, 3.05) is 0 Å². The van der Waals surface area contributed by atoms with E-state index in [1.54, 1.807) is 12.1 Å². The first-order chi connectivity index (χ1) is 15.4. The number of carboxylic acids is 1. The molecule has 4 aromatic rings. The molecule has 0 atom stereocenters. The summed E-state index contributed by atoms with van der Waals surface area (Å²) < 4.78 is 0. The molecular weight excluding hydrogens is 438 g/mol. The first-order valence-corrected chi connectivity index (χ1v) is 11.0. The van der Waals surface area contributed by atoms with Gasteiger partial charge in [-0.1, -0.05) is 76.6 Å². The number of carboxylic acid groups (broad SMARTS) is 1. The molecule has 33 heavy (non-hydrogen) atoms. The number of halogens is 1. The molecule has 4 rings (SSSR count). The maximum absolute atomic E-state index is 11.5. The SMILES string of the molecule is CC(C)(C)c1cc(-n2nc3ccc(C(=O)O)cc3n2)c(O)c(C(C)(C)c2ccccc2)c1Cl. The van der Waals surface area contributed by atoms with E-state index >= 15 is 0 Å². The summed E-state index contributed by atoms with van der Waals surface area (Å²) in [7, 11) is 0. The van der Waals surface area contributed by atoms with Crippen molar-refractivity contribution in [1.29, 1.82) is 0 Å². The lowest BCUT2D eigenvalue weighted by molar-refractivity contribution is 0.0697. The third-order valence-electron chi connectivity index (χ3n) is 5.99. The normalized spacial score (nSPS) is 12.3.